The molecule has 15 nitrogen and oxygen atoms in total. The Bertz CT molecular complexity index is 2630. The van der Waals surface area contributed by atoms with Crippen LogP contribution in [0.4, 0.5) is 10.6 Å². The molecule has 2 N–H and O–H groups in total. The number of carbonyl (C=O) groups excluding carboxylic acids is 2. The van der Waals surface area contributed by atoms with Gasteiger partial charge in [0.1, 0.15) is 36.9 Å². The van der Waals surface area contributed by atoms with Crippen molar-refractivity contribution in [3.05, 3.63) is 102 Å². The average Bonchev–Trinajstić information content (AvgIpc) is 4.03. The molecule has 3 heterocycles. The second-order valence-electron chi connectivity index (χ2n) is 22.6. The largest absolute Gasteiger partial charge is 0.497 e. The molecule has 2 aliphatic rings. The van der Waals surface area contributed by atoms with Crippen molar-refractivity contribution in [1.29, 1.82) is 0 Å². The van der Waals surface area contributed by atoms with Gasteiger partial charge in [0, 0.05) is 25.4 Å². The van der Waals surface area contributed by atoms with Crippen molar-refractivity contribution in [2.24, 2.45) is 4.99 Å². The number of nitrogens with zero attached hydrogens (tertiary/aromatic N) is 6. The monoisotopic (exact) mass is 1030 g/mol. The number of methoxy groups -OCH3 is 1. The third-order valence-electron chi connectivity index (χ3n) is 15.4. The van der Waals surface area contributed by atoms with E-state index < -0.39 is 59.2 Å². The minimum Gasteiger partial charge on any atom is -0.497 e. The molecule has 0 bridgehead atoms. The molecule has 2 aromatic heterocycles. The van der Waals surface area contributed by atoms with Gasteiger partial charge in [-0.25, -0.2) is 24.7 Å². The van der Waals surface area contributed by atoms with Crippen LogP contribution in [0.5, 0.6) is 5.75 Å². The summed E-state index contributed by atoms with van der Waals surface area (Å²) < 4.78 is 34.9. The molecule has 7 rings (SSSR count). The van der Waals surface area contributed by atoms with Gasteiger partial charge in [-0.15, -0.1) is 0 Å². The summed E-state index contributed by atoms with van der Waals surface area (Å²) in [7, 11) is -3.36. The molecule has 17 heteroatoms. The Morgan fingerprint density at radius 2 is 1.45 bits per heavy atom. The second-order valence-corrected chi connectivity index (χ2v) is 32.2. The van der Waals surface area contributed by atoms with Crippen molar-refractivity contribution in [1.82, 2.24) is 35.1 Å². The first-order valence-electron chi connectivity index (χ1n) is 26.1. The third-order valence-corrected chi connectivity index (χ3v) is 24.4. The summed E-state index contributed by atoms with van der Waals surface area (Å²) in [6.07, 6.45) is 6.60. The number of benzene rings is 3. The number of nitrogens with one attached hydrogen (secondary N) is 2. The van der Waals surface area contributed by atoms with Crippen LogP contribution in [0.1, 0.15) is 110 Å². The van der Waals surface area contributed by atoms with Crippen molar-refractivity contribution in [3.8, 4) is 16.9 Å². The fraction of sp³-hybridized carbons (Fsp3) is 0.536. The molecule has 1 aliphatic heterocycles. The lowest BCUT2D eigenvalue weighted by Gasteiger charge is -2.41. The zero-order chi connectivity index (χ0) is 52.7. The lowest BCUT2D eigenvalue weighted by molar-refractivity contribution is -0.124. The lowest BCUT2D eigenvalue weighted by atomic mass is 9.98. The van der Waals surface area contributed by atoms with E-state index in [4.69, 9.17) is 38.0 Å². The van der Waals surface area contributed by atoms with Crippen LogP contribution < -0.4 is 15.4 Å². The highest BCUT2D eigenvalue weighted by Gasteiger charge is 2.53. The van der Waals surface area contributed by atoms with E-state index in [0.29, 0.717) is 22.7 Å². The molecule has 1 fully saturated rings. The molecular formula is C56H80N8O7Si2. The number of hydrogen-bond acceptors (Lipinski definition) is 11. The molecule has 0 spiro atoms. The summed E-state index contributed by atoms with van der Waals surface area (Å²) in [6.45, 7) is 28.4. The maximum atomic E-state index is 15.3. The first-order valence-corrected chi connectivity index (χ1v) is 32.0. The summed E-state index contributed by atoms with van der Waals surface area (Å²) in [5, 5.41) is 6.06. The first-order chi connectivity index (χ1) is 34.7. The number of rotatable bonds is 22. The minimum absolute atomic E-state index is 0.0928. The predicted octanol–water partition coefficient (Wildman–Crippen LogP) is 11.3. The topological polar surface area (TPSA) is 164 Å². The Hall–Kier alpha value is -5.47. The Morgan fingerprint density at radius 3 is 2.04 bits per heavy atom. The summed E-state index contributed by atoms with van der Waals surface area (Å²) in [5.74, 6) is 0.540. The molecule has 0 radical (unpaired) electrons. The number of ether oxygens (including phenoxy) is 3. The highest BCUT2D eigenvalue weighted by atomic mass is 28.4. The number of hydrogen-bond donors (Lipinski definition) is 2. The van der Waals surface area contributed by atoms with E-state index in [0.717, 1.165) is 66.6 Å². The molecule has 1 saturated heterocycles. The maximum absolute atomic E-state index is 15.3. The van der Waals surface area contributed by atoms with E-state index in [1.54, 1.807) is 13.4 Å². The summed E-state index contributed by atoms with van der Waals surface area (Å²) in [5.41, 5.74) is 6.29. The van der Waals surface area contributed by atoms with E-state index in [2.05, 4.69) is 126 Å². The van der Waals surface area contributed by atoms with Crippen LogP contribution in [-0.4, -0.2) is 117 Å². The molecular weight excluding hydrogens is 953 g/mol. The van der Waals surface area contributed by atoms with E-state index in [-0.39, 0.29) is 35.6 Å². The minimum atomic E-state index is -2.62. The van der Waals surface area contributed by atoms with E-state index >= 15 is 4.79 Å². The predicted molar refractivity (Wildman–Crippen MR) is 295 cm³/mol. The van der Waals surface area contributed by atoms with Gasteiger partial charge < -0.3 is 38.6 Å². The SMILES string of the molecule is CCCCN(/C=N\c1ncnc2c1ncn2[C@@H]1O[C@H](CO[Si](C)(C)C(C)(C)C)[C@@H](NC(=O)[C@H](Cc2ccc(OC)cc2)NC(=O)OCC2c3ccccc3-c3ccccc32)[C@H]1O[Si](C)(C)C(C)(C)C)CCCC. The van der Waals surface area contributed by atoms with Gasteiger partial charge in [-0.1, -0.05) is 129 Å². The average molecular weight is 1030 g/mol. The maximum Gasteiger partial charge on any atom is 0.407 e. The van der Waals surface area contributed by atoms with Crippen molar-refractivity contribution in [2.45, 2.75) is 160 Å². The second kappa shape index (κ2) is 23.4. The number of amides is 2. The van der Waals surface area contributed by atoms with Crippen LogP contribution in [0.25, 0.3) is 22.3 Å². The number of carbonyl (C=O) groups is 2. The number of alkyl carbamates (subject to hydrolysis) is 1. The Balaban J connectivity index is 1.24. The van der Waals surface area contributed by atoms with Crippen molar-refractivity contribution < 1.29 is 32.7 Å². The highest BCUT2D eigenvalue weighted by molar-refractivity contribution is 6.74. The molecule has 394 valence electrons. The van der Waals surface area contributed by atoms with Gasteiger partial charge in [-0.2, -0.15) is 0 Å². The van der Waals surface area contributed by atoms with Gasteiger partial charge in [-0.3, -0.25) is 9.36 Å². The number of aromatic nitrogens is 4. The van der Waals surface area contributed by atoms with E-state index in [9.17, 15) is 4.79 Å². The molecule has 2 amide bonds. The van der Waals surface area contributed by atoms with E-state index in [1.807, 2.05) is 59.4 Å². The van der Waals surface area contributed by atoms with Crippen LogP contribution in [-0.2, 0) is 29.5 Å². The van der Waals surface area contributed by atoms with Crippen molar-refractivity contribution >= 4 is 52.0 Å². The van der Waals surface area contributed by atoms with Gasteiger partial charge in [0.15, 0.2) is 39.8 Å². The highest BCUT2D eigenvalue weighted by Crippen LogP contribution is 2.46. The van der Waals surface area contributed by atoms with Gasteiger partial charge in [-0.05, 0) is 89.1 Å². The van der Waals surface area contributed by atoms with Gasteiger partial charge in [0.2, 0.25) is 5.91 Å². The quantitative estimate of drug-likeness (QED) is 0.0385. The number of fused-ring (bicyclic) bond motifs is 4. The third kappa shape index (κ3) is 12.9. The number of unbranched alkanes of at least 4 members (excludes halogenated alkanes) is 2. The zero-order valence-electron chi connectivity index (χ0n) is 45.5. The van der Waals surface area contributed by atoms with Crippen LogP contribution in [0.2, 0.25) is 36.3 Å². The molecule has 1 aliphatic carbocycles. The molecule has 3 aromatic carbocycles. The van der Waals surface area contributed by atoms with Gasteiger partial charge in [0.25, 0.3) is 0 Å². The van der Waals surface area contributed by atoms with Crippen LogP contribution in [0.3, 0.4) is 0 Å². The fourth-order valence-corrected chi connectivity index (χ4v) is 11.2. The first kappa shape index (κ1) is 55.3. The standard InChI is InChI=1S/C56H80N8O7Si2/c1-14-16-30-63(31-17-15-2)36-60-50-48-51(58-35-57-50)64(37-59-48)53-49(71-73(12,13)56(6,7)8)47(46(70-53)34-69-72(10,11)55(3,4)5)62-52(65)45(32-38-26-28-39(67-9)29-27-38)61-54(66)68-33-44-42-24-20-18-22-40(42)41-23-19-21-25-43(41)44/h18-29,35-37,44-47,49,53H,14-17,30-34H2,1-13H3,(H,61,66)(H,62,65)/b60-36-/t45-,46+,47+,49+,53+/m0/s1. The lowest BCUT2D eigenvalue weighted by Crippen LogP contribution is -2.58. The van der Waals surface area contributed by atoms with Crippen LogP contribution in [0.15, 0.2) is 90.4 Å². The number of aliphatic imine (C=N–C) groups is 1. The summed E-state index contributed by atoms with van der Waals surface area (Å²) in [6, 6.07) is 22.1. The van der Waals surface area contributed by atoms with E-state index in [1.165, 1.54) is 6.33 Å². The molecule has 73 heavy (non-hydrogen) atoms. The fourth-order valence-electron chi connectivity index (χ4n) is 8.89. The van der Waals surface area contributed by atoms with Gasteiger partial charge in [0.05, 0.1) is 32.4 Å². The Labute approximate surface area is 435 Å². The van der Waals surface area contributed by atoms with Crippen LogP contribution >= 0.6 is 0 Å². The van der Waals surface area contributed by atoms with Crippen molar-refractivity contribution in [2.75, 3.05) is 33.4 Å². The molecule has 5 aromatic rings. The molecule has 0 saturated carbocycles. The Morgan fingerprint density at radius 1 is 0.836 bits per heavy atom. The Kier molecular flexibility index (Phi) is 17.7. The molecule has 0 unspecified atom stereocenters. The molecule has 5 atom stereocenters. The van der Waals surface area contributed by atoms with Crippen LogP contribution in [0, 0.1) is 0 Å². The van der Waals surface area contributed by atoms with Crippen molar-refractivity contribution in [3.63, 3.8) is 0 Å². The number of imidazole rings is 1. The summed E-state index contributed by atoms with van der Waals surface area (Å²) >= 11 is 0. The normalized spacial score (nSPS) is 18.7. The summed E-state index contributed by atoms with van der Waals surface area (Å²) in [4.78, 5) is 50.7. The van der Waals surface area contributed by atoms with Gasteiger partial charge >= 0.3 is 6.09 Å². The zero-order valence-corrected chi connectivity index (χ0v) is 47.5. The smallest absolute Gasteiger partial charge is 0.407 e.